The topological polar surface area (TPSA) is 29.1 Å². The van der Waals surface area contributed by atoms with Crippen LogP contribution in [0.2, 0.25) is 0 Å². The first kappa shape index (κ1) is 16.4. The van der Waals surface area contributed by atoms with Gasteiger partial charge in [-0.25, -0.2) is 4.39 Å². The van der Waals surface area contributed by atoms with E-state index in [1.54, 1.807) is 17.5 Å². The third kappa shape index (κ3) is 4.49. The molecule has 0 radical (unpaired) electrons. The number of halogens is 4. The van der Waals surface area contributed by atoms with E-state index in [4.69, 9.17) is 0 Å². The summed E-state index contributed by atoms with van der Waals surface area (Å²) in [4.78, 5) is 12.5. The highest BCUT2D eigenvalue weighted by Crippen LogP contribution is 2.31. The summed E-state index contributed by atoms with van der Waals surface area (Å²) in [6, 6.07) is 5.99. The van der Waals surface area contributed by atoms with Gasteiger partial charge in [-0.2, -0.15) is 8.78 Å². The molecule has 0 saturated carbocycles. The summed E-state index contributed by atoms with van der Waals surface area (Å²) in [5.74, 6) is -3.45. The van der Waals surface area contributed by atoms with Gasteiger partial charge in [-0.3, -0.25) is 4.79 Å². The SMILES string of the molecule is O=C(NCc1ccc(Br)c(F)c1)c1sccc1SC(F)F. The lowest BCUT2D eigenvalue weighted by molar-refractivity contribution is 0.0952. The Bertz CT molecular complexity index is 648. The van der Waals surface area contributed by atoms with E-state index in [2.05, 4.69) is 21.2 Å². The van der Waals surface area contributed by atoms with Crippen molar-refractivity contribution >= 4 is 44.9 Å². The molecule has 112 valence electrons. The molecule has 0 aliphatic rings. The van der Waals surface area contributed by atoms with Crippen LogP contribution in [0, 0.1) is 5.82 Å². The summed E-state index contributed by atoms with van der Waals surface area (Å²) in [6.45, 7) is 0.125. The van der Waals surface area contributed by atoms with Gasteiger partial charge in [0, 0.05) is 11.4 Å². The molecule has 1 aromatic heterocycles. The van der Waals surface area contributed by atoms with E-state index in [0.29, 0.717) is 21.8 Å². The van der Waals surface area contributed by atoms with Crippen LogP contribution in [-0.2, 0) is 6.54 Å². The average Bonchev–Trinajstić information content (AvgIpc) is 2.87. The molecule has 1 aromatic carbocycles. The highest BCUT2D eigenvalue weighted by Gasteiger charge is 2.17. The molecule has 2 nitrogen and oxygen atoms in total. The molecule has 0 unspecified atom stereocenters. The summed E-state index contributed by atoms with van der Waals surface area (Å²) < 4.78 is 38.4. The van der Waals surface area contributed by atoms with Crippen molar-refractivity contribution < 1.29 is 18.0 Å². The Labute approximate surface area is 135 Å². The molecule has 0 bridgehead atoms. The predicted octanol–water partition coefficient (Wildman–Crippen LogP) is 4.89. The molecule has 1 N–H and O–H groups in total. The highest BCUT2D eigenvalue weighted by atomic mass is 79.9. The Morgan fingerprint density at radius 3 is 2.81 bits per heavy atom. The third-order valence-electron chi connectivity index (χ3n) is 2.49. The van der Waals surface area contributed by atoms with Crippen molar-refractivity contribution in [1.82, 2.24) is 5.32 Å². The number of benzene rings is 1. The Morgan fingerprint density at radius 2 is 2.14 bits per heavy atom. The zero-order valence-electron chi connectivity index (χ0n) is 10.4. The smallest absolute Gasteiger partial charge is 0.288 e. The van der Waals surface area contributed by atoms with Gasteiger partial charge in [-0.15, -0.1) is 11.3 Å². The summed E-state index contributed by atoms with van der Waals surface area (Å²) in [5, 5.41) is 4.18. The maximum atomic E-state index is 13.3. The van der Waals surface area contributed by atoms with E-state index in [-0.39, 0.29) is 16.3 Å². The lowest BCUT2D eigenvalue weighted by atomic mass is 10.2. The maximum Gasteiger partial charge on any atom is 0.288 e. The van der Waals surface area contributed by atoms with Gasteiger partial charge in [-0.05, 0) is 45.1 Å². The largest absolute Gasteiger partial charge is 0.347 e. The molecule has 0 aliphatic carbocycles. The fraction of sp³-hybridized carbons (Fsp3) is 0.154. The highest BCUT2D eigenvalue weighted by molar-refractivity contribution is 9.10. The van der Waals surface area contributed by atoms with Crippen LogP contribution in [0.1, 0.15) is 15.2 Å². The lowest BCUT2D eigenvalue weighted by Gasteiger charge is -2.06. The number of hydrogen-bond acceptors (Lipinski definition) is 3. The number of alkyl halides is 2. The number of amides is 1. The molecule has 2 rings (SSSR count). The summed E-state index contributed by atoms with van der Waals surface area (Å²) in [7, 11) is 0. The first-order chi connectivity index (χ1) is 9.97. The fourth-order valence-corrected chi connectivity index (χ4v) is 3.43. The normalized spacial score (nSPS) is 10.9. The van der Waals surface area contributed by atoms with E-state index < -0.39 is 17.5 Å². The average molecular weight is 396 g/mol. The van der Waals surface area contributed by atoms with Crippen molar-refractivity contribution in [2.75, 3.05) is 0 Å². The molecule has 0 aliphatic heterocycles. The van der Waals surface area contributed by atoms with Crippen molar-refractivity contribution in [2.24, 2.45) is 0 Å². The number of carbonyl (C=O) groups excluding carboxylic acids is 1. The summed E-state index contributed by atoms with van der Waals surface area (Å²) >= 11 is 4.47. The van der Waals surface area contributed by atoms with Gasteiger partial charge in [-0.1, -0.05) is 17.8 Å². The van der Waals surface area contributed by atoms with Gasteiger partial charge in [0.25, 0.3) is 11.7 Å². The second-order valence-corrected chi connectivity index (χ2v) is 6.73. The molecule has 0 spiro atoms. The van der Waals surface area contributed by atoms with Crippen molar-refractivity contribution in [2.45, 2.75) is 17.2 Å². The minimum Gasteiger partial charge on any atom is -0.347 e. The van der Waals surface area contributed by atoms with Crippen LogP contribution >= 0.6 is 39.0 Å². The number of thiophene rings is 1. The molecule has 0 saturated heterocycles. The maximum absolute atomic E-state index is 13.3. The van der Waals surface area contributed by atoms with E-state index >= 15 is 0 Å². The van der Waals surface area contributed by atoms with Gasteiger partial charge in [0.05, 0.1) is 4.47 Å². The minimum absolute atomic E-state index is 0.125. The van der Waals surface area contributed by atoms with E-state index in [1.165, 1.54) is 12.1 Å². The van der Waals surface area contributed by atoms with Crippen molar-refractivity contribution in [3.63, 3.8) is 0 Å². The molecular weight excluding hydrogens is 387 g/mol. The summed E-state index contributed by atoms with van der Waals surface area (Å²) in [5.41, 5.74) is 0.587. The zero-order chi connectivity index (χ0) is 15.4. The molecule has 0 fully saturated rings. The Balaban J connectivity index is 2.01. The predicted molar refractivity (Wildman–Crippen MR) is 81.5 cm³/mol. The molecule has 1 heterocycles. The quantitative estimate of drug-likeness (QED) is 0.729. The number of hydrogen-bond donors (Lipinski definition) is 1. The molecular formula is C13H9BrF3NOS2. The second kappa shape index (κ2) is 7.33. The lowest BCUT2D eigenvalue weighted by Crippen LogP contribution is -2.22. The minimum atomic E-state index is -2.58. The number of nitrogens with one attached hydrogen (secondary N) is 1. The van der Waals surface area contributed by atoms with Crippen LogP contribution in [0.3, 0.4) is 0 Å². The molecule has 0 atom stereocenters. The van der Waals surface area contributed by atoms with Crippen LogP contribution in [0.5, 0.6) is 0 Å². The summed E-state index contributed by atoms with van der Waals surface area (Å²) in [6.07, 6.45) is 0. The van der Waals surface area contributed by atoms with Crippen LogP contribution in [0.25, 0.3) is 0 Å². The molecule has 2 aromatic rings. The van der Waals surface area contributed by atoms with Crippen LogP contribution in [0.4, 0.5) is 13.2 Å². The monoisotopic (exact) mass is 395 g/mol. The fourth-order valence-electron chi connectivity index (χ4n) is 1.56. The van der Waals surface area contributed by atoms with E-state index in [9.17, 15) is 18.0 Å². The van der Waals surface area contributed by atoms with Gasteiger partial charge >= 0.3 is 0 Å². The van der Waals surface area contributed by atoms with Crippen molar-refractivity contribution in [3.05, 3.63) is 50.4 Å². The molecule has 21 heavy (non-hydrogen) atoms. The van der Waals surface area contributed by atoms with E-state index in [1.807, 2.05) is 0 Å². The van der Waals surface area contributed by atoms with Crippen molar-refractivity contribution in [1.29, 1.82) is 0 Å². The van der Waals surface area contributed by atoms with Gasteiger partial charge in [0.15, 0.2) is 0 Å². The Morgan fingerprint density at radius 1 is 1.38 bits per heavy atom. The number of carbonyl (C=O) groups is 1. The zero-order valence-corrected chi connectivity index (χ0v) is 13.6. The first-order valence-electron chi connectivity index (χ1n) is 5.72. The Hall–Kier alpha value is -0.990. The Kier molecular flexibility index (Phi) is 5.72. The first-order valence-corrected chi connectivity index (χ1v) is 8.27. The van der Waals surface area contributed by atoms with Gasteiger partial charge < -0.3 is 5.32 Å². The standard InChI is InChI=1S/C13H9BrF3NOS2/c14-8-2-1-7(5-9(8)15)6-18-12(19)11-10(3-4-20-11)21-13(16)17/h1-5,13H,6H2,(H,18,19). The van der Waals surface area contributed by atoms with E-state index in [0.717, 1.165) is 11.3 Å². The van der Waals surface area contributed by atoms with Crippen molar-refractivity contribution in [3.8, 4) is 0 Å². The molecule has 1 amide bonds. The third-order valence-corrected chi connectivity index (χ3v) is 4.95. The second-order valence-electron chi connectivity index (χ2n) is 3.92. The van der Waals surface area contributed by atoms with Gasteiger partial charge in [0.2, 0.25) is 0 Å². The van der Waals surface area contributed by atoms with Crippen LogP contribution in [0.15, 0.2) is 39.0 Å². The van der Waals surface area contributed by atoms with Gasteiger partial charge in [0.1, 0.15) is 10.7 Å². The number of thioether (sulfide) groups is 1. The molecule has 8 heteroatoms. The number of rotatable bonds is 5. The van der Waals surface area contributed by atoms with Crippen LogP contribution < -0.4 is 5.32 Å². The van der Waals surface area contributed by atoms with Crippen LogP contribution in [-0.4, -0.2) is 11.7 Å².